The molecule has 0 atom stereocenters. The van der Waals surface area contributed by atoms with E-state index in [1.165, 1.54) is 0 Å². The lowest BCUT2D eigenvalue weighted by atomic mass is 10.1. The van der Waals surface area contributed by atoms with Gasteiger partial charge in [0.25, 0.3) is 20.2 Å². The van der Waals surface area contributed by atoms with Gasteiger partial charge in [0.15, 0.2) is 0 Å². The number of ether oxygens (including phenoxy) is 1. The average Bonchev–Trinajstić information content (AvgIpc) is 2.35. The number of hydrogen-bond acceptors (Lipinski definition) is 6. The van der Waals surface area contributed by atoms with E-state index in [0.717, 1.165) is 24.3 Å². The van der Waals surface area contributed by atoms with Crippen LogP contribution in [0.4, 0.5) is 10.5 Å². The number of rotatable bonds is 2. The molecule has 2 aromatic rings. The predicted molar refractivity (Wildman–Crippen MR) is 73.2 cm³/mol. The fraction of sp³-hybridized carbons (Fsp3) is 0. The largest absolute Gasteiger partial charge is 0.417 e. The summed E-state index contributed by atoms with van der Waals surface area (Å²) in [5, 5.41) is 2.52. The molecule has 9 nitrogen and oxygen atoms in total. The van der Waals surface area contributed by atoms with Crippen molar-refractivity contribution in [2.75, 3.05) is 5.32 Å². The molecule has 0 fully saturated rings. The molecule has 0 aromatic heterocycles. The molecule has 3 N–H and O–H groups in total. The van der Waals surface area contributed by atoms with E-state index >= 15 is 0 Å². The van der Waals surface area contributed by atoms with Crippen LogP contribution in [-0.2, 0) is 20.2 Å². The van der Waals surface area contributed by atoms with Gasteiger partial charge in [-0.05, 0) is 23.6 Å². The second-order valence-electron chi connectivity index (χ2n) is 4.46. The van der Waals surface area contributed by atoms with Gasteiger partial charge in [-0.15, -0.1) is 0 Å². The Bertz CT molecular complexity index is 961. The maximum atomic E-state index is 11.4. The zero-order chi connectivity index (χ0) is 16.3. The highest BCUT2D eigenvalue weighted by Gasteiger charge is 2.25. The first-order valence-corrected chi connectivity index (χ1v) is 8.49. The first kappa shape index (κ1) is 14.7. The van der Waals surface area contributed by atoms with Crippen molar-refractivity contribution in [3.63, 3.8) is 0 Å². The minimum Gasteiger partial charge on any atom is -0.409 e. The summed E-state index contributed by atoms with van der Waals surface area (Å²) in [4.78, 5) is 10.3. The summed E-state index contributed by atoms with van der Waals surface area (Å²) in [6, 6.07) is 3.93. The molecule has 2 aromatic carbocycles. The number of hydrogen-bond donors (Lipinski definition) is 3. The average molecular weight is 345 g/mol. The van der Waals surface area contributed by atoms with Crippen molar-refractivity contribution in [3.05, 3.63) is 24.3 Å². The second kappa shape index (κ2) is 4.39. The molecule has 0 spiro atoms. The van der Waals surface area contributed by atoms with Crippen molar-refractivity contribution in [1.29, 1.82) is 0 Å². The number of amides is 1. The fourth-order valence-corrected chi connectivity index (χ4v) is 3.21. The molecular weight excluding hydrogens is 338 g/mol. The molecule has 0 saturated heterocycles. The zero-order valence-electron chi connectivity index (χ0n) is 10.5. The topological polar surface area (TPSA) is 147 Å². The maximum absolute atomic E-state index is 11.4. The number of nitrogens with one attached hydrogen (secondary N) is 1. The monoisotopic (exact) mass is 345 g/mol. The first-order valence-electron chi connectivity index (χ1n) is 5.61. The molecule has 0 bridgehead atoms. The van der Waals surface area contributed by atoms with E-state index in [-0.39, 0.29) is 22.2 Å². The molecule has 0 aliphatic carbocycles. The Morgan fingerprint density at radius 1 is 0.909 bits per heavy atom. The van der Waals surface area contributed by atoms with Gasteiger partial charge in [-0.1, -0.05) is 0 Å². The SMILES string of the molecule is O=C1Nc2cc(S(=O)(=O)O)cc3cc(S(=O)(=O)O)cc(c23)O1. The van der Waals surface area contributed by atoms with Crippen LogP contribution < -0.4 is 10.1 Å². The summed E-state index contributed by atoms with van der Waals surface area (Å²) in [6.45, 7) is 0. The molecule has 11 heteroatoms. The van der Waals surface area contributed by atoms with Crippen LogP contribution in [0.5, 0.6) is 5.75 Å². The van der Waals surface area contributed by atoms with Crippen LogP contribution in [0, 0.1) is 0 Å². The molecule has 1 aliphatic rings. The van der Waals surface area contributed by atoms with Gasteiger partial charge in [0.2, 0.25) is 0 Å². The normalized spacial score (nSPS) is 14.5. The summed E-state index contributed by atoms with van der Waals surface area (Å²) in [7, 11) is -9.19. The summed E-state index contributed by atoms with van der Waals surface area (Å²) in [6.07, 6.45) is -0.964. The Balaban J connectivity index is 2.47. The van der Waals surface area contributed by atoms with Crippen LogP contribution in [0.15, 0.2) is 34.1 Å². The van der Waals surface area contributed by atoms with Crippen LogP contribution in [0.2, 0.25) is 0 Å². The number of carbonyl (C=O) groups is 1. The molecule has 116 valence electrons. The van der Waals surface area contributed by atoms with Gasteiger partial charge in [-0.3, -0.25) is 14.4 Å². The van der Waals surface area contributed by atoms with Crippen molar-refractivity contribution in [3.8, 4) is 5.75 Å². The van der Waals surface area contributed by atoms with Gasteiger partial charge in [0.1, 0.15) is 5.75 Å². The molecule has 0 unspecified atom stereocenters. The van der Waals surface area contributed by atoms with Crippen LogP contribution in [0.25, 0.3) is 10.8 Å². The Morgan fingerprint density at radius 2 is 1.45 bits per heavy atom. The highest BCUT2D eigenvalue weighted by Crippen LogP contribution is 2.39. The van der Waals surface area contributed by atoms with E-state index in [0.29, 0.717) is 0 Å². The lowest BCUT2D eigenvalue weighted by Gasteiger charge is -2.19. The summed E-state index contributed by atoms with van der Waals surface area (Å²) < 4.78 is 68.0. The van der Waals surface area contributed by atoms with Gasteiger partial charge in [-0.2, -0.15) is 16.8 Å². The third-order valence-electron chi connectivity index (χ3n) is 2.99. The van der Waals surface area contributed by atoms with E-state index in [1.54, 1.807) is 0 Å². The highest BCUT2D eigenvalue weighted by molar-refractivity contribution is 7.86. The lowest BCUT2D eigenvalue weighted by molar-refractivity contribution is 0.214. The Hall–Kier alpha value is -2.21. The quantitative estimate of drug-likeness (QED) is 0.689. The van der Waals surface area contributed by atoms with Gasteiger partial charge < -0.3 is 4.74 Å². The van der Waals surface area contributed by atoms with E-state index in [4.69, 9.17) is 13.8 Å². The smallest absolute Gasteiger partial charge is 0.409 e. The highest BCUT2D eigenvalue weighted by atomic mass is 32.2. The van der Waals surface area contributed by atoms with Crippen LogP contribution in [0.3, 0.4) is 0 Å². The number of anilines is 1. The van der Waals surface area contributed by atoms with E-state index in [1.807, 2.05) is 0 Å². The van der Waals surface area contributed by atoms with E-state index < -0.39 is 36.1 Å². The third-order valence-corrected chi connectivity index (χ3v) is 4.66. The Labute approximate surface area is 124 Å². The standard InChI is InChI=1S/C11H7NO8S2/c13-11-12-8-3-6(21(14,15)16)1-5-2-7(22(17,18)19)4-9(20-11)10(5)8/h1-4H,(H,12,13)(H,14,15,16)(H,17,18,19). The second-order valence-corrected chi connectivity index (χ2v) is 7.30. The number of carbonyl (C=O) groups excluding carboxylic acids is 1. The lowest BCUT2D eigenvalue weighted by Crippen LogP contribution is -2.21. The minimum absolute atomic E-state index is 0.0262. The van der Waals surface area contributed by atoms with Crippen molar-refractivity contribution in [1.82, 2.24) is 0 Å². The van der Waals surface area contributed by atoms with Crippen LogP contribution >= 0.6 is 0 Å². The molecule has 0 saturated carbocycles. The Kier molecular flexibility index (Phi) is 2.94. The summed E-state index contributed by atoms with van der Waals surface area (Å²) in [5.74, 6) is -0.161. The molecule has 0 radical (unpaired) electrons. The maximum Gasteiger partial charge on any atom is 0.417 e. The van der Waals surface area contributed by atoms with Crippen LogP contribution in [0.1, 0.15) is 0 Å². The van der Waals surface area contributed by atoms with Gasteiger partial charge in [0, 0.05) is 11.5 Å². The zero-order valence-corrected chi connectivity index (χ0v) is 12.1. The van der Waals surface area contributed by atoms with Crippen molar-refractivity contribution < 1.29 is 35.5 Å². The summed E-state index contributed by atoms with van der Waals surface area (Å²) >= 11 is 0. The van der Waals surface area contributed by atoms with Crippen molar-refractivity contribution in [2.24, 2.45) is 0 Å². The van der Waals surface area contributed by atoms with E-state index in [9.17, 15) is 21.6 Å². The van der Waals surface area contributed by atoms with Gasteiger partial charge in [0.05, 0.1) is 15.5 Å². The molecular formula is C11H7NO8S2. The van der Waals surface area contributed by atoms with Crippen molar-refractivity contribution >= 4 is 42.8 Å². The van der Waals surface area contributed by atoms with Crippen molar-refractivity contribution in [2.45, 2.75) is 9.79 Å². The number of benzene rings is 2. The molecule has 22 heavy (non-hydrogen) atoms. The van der Waals surface area contributed by atoms with Gasteiger partial charge >= 0.3 is 6.09 Å². The van der Waals surface area contributed by atoms with E-state index in [2.05, 4.69) is 5.32 Å². The molecule has 1 heterocycles. The molecule has 1 amide bonds. The predicted octanol–water partition coefficient (Wildman–Crippen LogP) is 1.26. The molecule has 3 rings (SSSR count). The van der Waals surface area contributed by atoms with Gasteiger partial charge in [-0.25, -0.2) is 4.79 Å². The fourth-order valence-electron chi connectivity index (χ4n) is 2.13. The molecule has 1 aliphatic heterocycles. The summed E-state index contributed by atoms with van der Waals surface area (Å²) in [5.41, 5.74) is 0.0262. The van der Waals surface area contributed by atoms with Crippen LogP contribution in [-0.4, -0.2) is 32.0 Å². The third kappa shape index (κ3) is 2.39. The Morgan fingerprint density at radius 3 is 2.00 bits per heavy atom. The first-order chi connectivity index (χ1) is 10.1. The minimum atomic E-state index is -4.61.